The summed E-state index contributed by atoms with van der Waals surface area (Å²) in [6, 6.07) is 5.81. The van der Waals surface area contributed by atoms with Gasteiger partial charge in [0, 0.05) is 44.9 Å². The average Bonchev–Trinajstić information content (AvgIpc) is 2.98. The number of nitrogens with one attached hydrogen (secondary N) is 2. The molecule has 2 aliphatic rings. The van der Waals surface area contributed by atoms with Gasteiger partial charge in [-0.15, -0.1) is 0 Å². The van der Waals surface area contributed by atoms with Gasteiger partial charge in [-0.2, -0.15) is 0 Å². The van der Waals surface area contributed by atoms with Gasteiger partial charge >= 0.3 is 0 Å². The van der Waals surface area contributed by atoms with E-state index in [9.17, 15) is 4.79 Å². The van der Waals surface area contributed by atoms with Crippen molar-refractivity contribution in [2.24, 2.45) is 5.92 Å². The van der Waals surface area contributed by atoms with Gasteiger partial charge in [-0.05, 0) is 37.9 Å². The maximum atomic E-state index is 12.2. The molecule has 1 amide bonds. The lowest BCUT2D eigenvalue weighted by Gasteiger charge is -2.34. The van der Waals surface area contributed by atoms with E-state index in [0.29, 0.717) is 12.4 Å². The molecule has 1 atom stereocenters. The zero-order chi connectivity index (χ0) is 18.6. The fourth-order valence-electron chi connectivity index (χ4n) is 3.98. The molecule has 0 aromatic carbocycles. The number of aromatic nitrogens is 3. The molecule has 7 heteroatoms. The number of anilines is 1. The van der Waals surface area contributed by atoms with E-state index in [-0.39, 0.29) is 11.8 Å². The molecule has 7 nitrogen and oxygen atoms in total. The van der Waals surface area contributed by atoms with Crippen LogP contribution >= 0.6 is 0 Å². The summed E-state index contributed by atoms with van der Waals surface area (Å²) in [5.74, 6) is 1.79. The molecule has 2 aliphatic heterocycles. The van der Waals surface area contributed by atoms with Crippen molar-refractivity contribution in [1.29, 1.82) is 0 Å². The number of carbonyl (C=O) groups excluding carboxylic acids is 1. The van der Waals surface area contributed by atoms with E-state index in [2.05, 4.69) is 20.5 Å². The summed E-state index contributed by atoms with van der Waals surface area (Å²) < 4.78 is 0. The molecule has 0 aliphatic carbocycles. The SMILES string of the molecule is CNC(=O)[C@@H]1CCCN(c2nc(-c3ccccn3)nc3c2CCNCC3)C1. The molecule has 1 fully saturated rings. The van der Waals surface area contributed by atoms with Crippen LogP contribution in [0.5, 0.6) is 0 Å². The molecule has 0 radical (unpaired) electrons. The van der Waals surface area contributed by atoms with Gasteiger partial charge in [-0.25, -0.2) is 9.97 Å². The van der Waals surface area contributed by atoms with Crippen molar-refractivity contribution in [3.8, 4) is 11.5 Å². The summed E-state index contributed by atoms with van der Waals surface area (Å²) in [6.07, 6.45) is 5.49. The fraction of sp³-hybridized carbons (Fsp3) is 0.500. The van der Waals surface area contributed by atoms with Crippen molar-refractivity contribution >= 4 is 11.7 Å². The second-order valence-electron chi connectivity index (χ2n) is 7.16. The van der Waals surface area contributed by atoms with E-state index in [4.69, 9.17) is 9.97 Å². The smallest absolute Gasteiger partial charge is 0.224 e. The summed E-state index contributed by atoms with van der Waals surface area (Å²) in [7, 11) is 1.71. The van der Waals surface area contributed by atoms with Crippen LogP contribution in [-0.4, -0.2) is 54.1 Å². The number of carbonyl (C=O) groups is 1. The zero-order valence-electron chi connectivity index (χ0n) is 15.7. The Balaban J connectivity index is 1.75. The van der Waals surface area contributed by atoms with Crippen LogP contribution in [0.4, 0.5) is 5.82 Å². The first-order valence-corrected chi connectivity index (χ1v) is 9.74. The minimum Gasteiger partial charge on any atom is -0.359 e. The second-order valence-corrected chi connectivity index (χ2v) is 7.16. The van der Waals surface area contributed by atoms with Crippen molar-refractivity contribution in [3.05, 3.63) is 35.7 Å². The number of amides is 1. The first-order chi connectivity index (χ1) is 13.3. The minimum absolute atomic E-state index is 0.0107. The highest BCUT2D eigenvalue weighted by atomic mass is 16.1. The molecule has 0 bridgehead atoms. The number of rotatable bonds is 3. The summed E-state index contributed by atoms with van der Waals surface area (Å²) >= 11 is 0. The van der Waals surface area contributed by atoms with Crippen molar-refractivity contribution in [1.82, 2.24) is 25.6 Å². The molecule has 0 unspecified atom stereocenters. The fourth-order valence-corrected chi connectivity index (χ4v) is 3.98. The van der Waals surface area contributed by atoms with Crippen LogP contribution in [0.25, 0.3) is 11.5 Å². The molecular weight excluding hydrogens is 340 g/mol. The zero-order valence-corrected chi connectivity index (χ0v) is 15.7. The Morgan fingerprint density at radius 1 is 1.26 bits per heavy atom. The number of piperidine rings is 1. The number of nitrogens with zero attached hydrogens (tertiary/aromatic N) is 4. The Kier molecular flexibility index (Phi) is 5.29. The van der Waals surface area contributed by atoms with Gasteiger partial charge in [0.05, 0.1) is 11.6 Å². The van der Waals surface area contributed by atoms with Crippen LogP contribution in [-0.2, 0) is 17.6 Å². The van der Waals surface area contributed by atoms with Crippen LogP contribution in [0.3, 0.4) is 0 Å². The van der Waals surface area contributed by atoms with E-state index in [1.54, 1.807) is 13.2 Å². The van der Waals surface area contributed by atoms with E-state index in [1.807, 2.05) is 18.2 Å². The third-order valence-corrected chi connectivity index (χ3v) is 5.39. The highest BCUT2D eigenvalue weighted by Crippen LogP contribution is 2.30. The molecular formula is C20H26N6O. The quantitative estimate of drug-likeness (QED) is 0.849. The summed E-state index contributed by atoms with van der Waals surface area (Å²) in [4.78, 5) is 28.7. The normalized spacial score (nSPS) is 19.9. The Morgan fingerprint density at radius 2 is 2.15 bits per heavy atom. The van der Waals surface area contributed by atoms with Crippen molar-refractivity contribution < 1.29 is 4.79 Å². The molecule has 0 saturated carbocycles. The average molecular weight is 366 g/mol. The first-order valence-electron chi connectivity index (χ1n) is 9.74. The van der Waals surface area contributed by atoms with Gasteiger partial charge in [0.2, 0.25) is 5.91 Å². The second kappa shape index (κ2) is 8.00. The van der Waals surface area contributed by atoms with E-state index >= 15 is 0 Å². The topological polar surface area (TPSA) is 83.0 Å². The molecule has 2 N–H and O–H groups in total. The molecule has 0 spiro atoms. The van der Waals surface area contributed by atoms with Crippen molar-refractivity contribution in [3.63, 3.8) is 0 Å². The number of hydrogen-bond donors (Lipinski definition) is 2. The van der Waals surface area contributed by atoms with Gasteiger partial charge in [0.1, 0.15) is 11.5 Å². The van der Waals surface area contributed by atoms with E-state index in [1.165, 1.54) is 5.56 Å². The highest BCUT2D eigenvalue weighted by Gasteiger charge is 2.29. The largest absolute Gasteiger partial charge is 0.359 e. The van der Waals surface area contributed by atoms with Crippen molar-refractivity contribution in [2.75, 3.05) is 38.1 Å². The predicted molar refractivity (Wildman–Crippen MR) is 105 cm³/mol. The van der Waals surface area contributed by atoms with E-state index < -0.39 is 0 Å². The lowest BCUT2D eigenvalue weighted by Crippen LogP contribution is -2.43. The maximum Gasteiger partial charge on any atom is 0.224 e. The Morgan fingerprint density at radius 3 is 2.96 bits per heavy atom. The number of fused-ring (bicyclic) bond motifs is 1. The Bertz CT molecular complexity index is 810. The van der Waals surface area contributed by atoms with Crippen molar-refractivity contribution in [2.45, 2.75) is 25.7 Å². The van der Waals surface area contributed by atoms with Gasteiger partial charge in [-0.3, -0.25) is 9.78 Å². The molecule has 2 aromatic rings. The van der Waals surface area contributed by atoms with Crippen LogP contribution in [0.1, 0.15) is 24.1 Å². The molecule has 4 rings (SSSR count). The number of pyridine rings is 1. The predicted octanol–water partition coefficient (Wildman–Crippen LogP) is 1.19. The molecule has 27 heavy (non-hydrogen) atoms. The third kappa shape index (κ3) is 3.78. The first kappa shape index (κ1) is 17.9. The highest BCUT2D eigenvalue weighted by molar-refractivity contribution is 5.79. The van der Waals surface area contributed by atoms with Gasteiger partial charge in [0.15, 0.2) is 5.82 Å². The van der Waals surface area contributed by atoms with Gasteiger partial charge < -0.3 is 15.5 Å². The summed E-state index contributed by atoms with van der Waals surface area (Å²) in [6.45, 7) is 3.48. The van der Waals surface area contributed by atoms with Crippen LogP contribution in [0, 0.1) is 5.92 Å². The van der Waals surface area contributed by atoms with E-state index in [0.717, 1.165) is 62.5 Å². The third-order valence-electron chi connectivity index (χ3n) is 5.39. The Labute approximate surface area is 159 Å². The molecule has 1 saturated heterocycles. The lowest BCUT2D eigenvalue weighted by atomic mass is 9.96. The number of hydrogen-bond acceptors (Lipinski definition) is 6. The standard InChI is InChI=1S/C20H26N6O/c1-21-20(27)14-5-4-12-26(13-14)19-15-7-10-22-11-8-16(15)24-18(25-19)17-6-2-3-9-23-17/h2-3,6,9,14,22H,4-5,7-8,10-13H2,1H3,(H,21,27)/t14-/m1/s1. The molecule has 4 heterocycles. The van der Waals surface area contributed by atoms with Gasteiger partial charge in [0.25, 0.3) is 0 Å². The summed E-state index contributed by atoms with van der Waals surface area (Å²) in [5, 5.41) is 6.25. The molecule has 142 valence electrons. The summed E-state index contributed by atoms with van der Waals surface area (Å²) in [5.41, 5.74) is 3.11. The lowest BCUT2D eigenvalue weighted by molar-refractivity contribution is -0.124. The van der Waals surface area contributed by atoms with Crippen LogP contribution < -0.4 is 15.5 Å². The Hall–Kier alpha value is -2.54. The van der Waals surface area contributed by atoms with Crippen LogP contribution in [0.2, 0.25) is 0 Å². The van der Waals surface area contributed by atoms with Gasteiger partial charge in [-0.1, -0.05) is 6.07 Å². The minimum atomic E-state index is 0.0107. The monoisotopic (exact) mass is 366 g/mol. The maximum absolute atomic E-state index is 12.2. The van der Waals surface area contributed by atoms with Crippen LogP contribution in [0.15, 0.2) is 24.4 Å². The molecule has 2 aromatic heterocycles.